The normalized spacial score (nSPS) is 11.3. The summed E-state index contributed by atoms with van der Waals surface area (Å²) in [7, 11) is 0. The number of nitriles is 1. The second-order valence-corrected chi connectivity index (χ2v) is 5.55. The average molecular weight is 314 g/mol. The van der Waals surface area contributed by atoms with Gasteiger partial charge >= 0.3 is 5.97 Å². The Morgan fingerprint density at radius 3 is 2.64 bits per heavy atom. The Balaban J connectivity index is 1.82. The number of nitrogens with zero attached hydrogens (tertiary/aromatic N) is 1. The molecular formula is C16H14N2O3S. The molecule has 1 unspecified atom stereocenters. The average Bonchev–Trinajstić information content (AvgIpc) is 3.07. The van der Waals surface area contributed by atoms with Crippen molar-refractivity contribution in [1.82, 2.24) is 5.32 Å². The van der Waals surface area contributed by atoms with Crippen LogP contribution >= 0.6 is 11.3 Å². The third kappa shape index (κ3) is 4.17. The van der Waals surface area contributed by atoms with Gasteiger partial charge in [-0.1, -0.05) is 6.07 Å². The molecule has 0 bridgehead atoms. The highest BCUT2D eigenvalue weighted by molar-refractivity contribution is 7.10. The molecule has 0 aliphatic rings. The van der Waals surface area contributed by atoms with Crippen LogP contribution < -0.4 is 5.32 Å². The van der Waals surface area contributed by atoms with Crippen LogP contribution in [0.3, 0.4) is 0 Å². The molecule has 0 saturated heterocycles. The molecule has 6 heteroatoms. The van der Waals surface area contributed by atoms with Crippen molar-refractivity contribution in [2.24, 2.45) is 0 Å². The number of thiophene rings is 1. The molecule has 0 spiro atoms. The summed E-state index contributed by atoms with van der Waals surface area (Å²) in [5, 5.41) is 13.4. The van der Waals surface area contributed by atoms with Gasteiger partial charge < -0.3 is 10.1 Å². The molecule has 0 aliphatic heterocycles. The molecule has 2 rings (SSSR count). The van der Waals surface area contributed by atoms with Gasteiger partial charge in [-0.3, -0.25) is 4.79 Å². The number of carbonyl (C=O) groups excluding carboxylic acids is 2. The van der Waals surface area contributed by atoms with Crippen LogP contribution in [0.5, 0.6) is 0 Å². The Labute approximate surface area is 132 Å². The monoisotopic (exact) mass is 314 g/mol. The number of amides is 1. The summed E-state index contributed by atoms with van der Waals surface area (Å²) in [6.45, 7) is 1.53. The summed E-state index contributed by atoms with van der Waals surface area (Å²) >= 11 is 1.55. The predicted octanol–water partition coefficient (Wildman–Crippen LogP) is 2.65. The van der Waals surface area contributed by atoms with Gasteiger partial charge in [0, 0.05) is 4.88 Å². The minimum atomic E-state index is -0.594. The summed E-state index contributed by atoms with van der Waals surface area (Å²) < 4.78 is 4.95. The predicted molar refractivity (Wildman–Crippen MR) is 82.3 cm³/mol. The van der Waals surface area contributed by atoms with E-state index in [2.05, 4.69) is 5.32 Å². The van der Waals surface area contributed by atoms with Crippen LogP contribution in [-0.2, 0) is 9.53 Å². The highest BCUT2D eigenvalue weighted by Crippen LogP contribution is 2.17. The molecule has 22 heavy (non-hydrogen) atoms. The van der Waals surface area contributed by atoms with Crippen molar-refractivity contribution in [2.45, 2.75) is 13.0 Å². The number of nitrogens with one attached hydrogen (secondary N) is 1. The van der Waals surface area contributed by atoms with Crippen molar-refractivity contribution in [3.05, 3.63) is 57.8 Å². The van der Waals surface area contributed by atoms with E-state index in [9.17, 15) is 9.59 Å². The van der Waals surface area contributed by atoms with Gasteiger partial charge in [0.2, 0.25) is 0 Å². The third-order valence-electron chi connectivity index (χ3n) is 2.93. The van der Waals surface area contributed by atoms with Crippen LogP contribution in [0.25, 0.3) is 0 Å². The van der Waals surface area contributed by atoms with E-state index in [0.717, 1.165) is 4.88 Å². The number of ether oxygens (including phenoxy) is 1. The van der Waals surface area contributed by atoms with Crippen molar-refractivity contribution in [3.63, 3.8) is 0 Å². The summed E-state index contributed by atoms with van der Waals surface area (Å²) in [6.07, 6.45) is 0. The molecule has 1 aromatic carbocycles. The molecule has 0 fully saturated rings. The van der Waals surface area contributed by atoms with Crippen molar-refractivity contribution in [1.29, 1.82) is 5.26 Å². The highest BCUT2D eigenvalue weighted by atomic mass is 32.1. The first-order valence-electron chi connectivity index (χ1n) is 6.60. The molecule has 1 aromatic heterocycles. The molecular weight excluding hydrogens is 300 g/mol. The number of rotatable bonds is 5. The fourth-order valence-electron chi connectivity index (χ4n) is 1.79. The fraction of sp³-hybridized carbons (Fsp3) is 0.188. The summed E-state index contributed by atoms with van der Waals surface area (Å²) in [5.74, 6) is -0.952. The maximum Gasteiger partial charge on any atom is 0.338 e. The zero-order valence-electron chi connectivity index (χ0n) is 11.9. The number of hydrogen-bond donors (Lipinski definition) is 1. The van der Waals surface area contributed by atoms with E-state index in [1.807, 2.05) is 30.5 Å². The molecule has 1 amide bonds. The lowest BCUT2D eigenvalue weighted by atomic mass is 10.1. The maximum atomic E-state index is 11.8. The third-order valence-corrected chi connectivity index (χ3v) is 3.99. The van der Waals surface area contributed by atoms with Crippen molar-refractivity contribution < 1.29 is 14.3 Å². The van der Waals surface area contributed by atoms with Gasteiger partial charge in [-0.25, -0.2) is 4.79 Å². The number of hydrogen-bond acceptors (Lipinski definition) is 5. The van der Waals surface area contributed by atoms with Crippen LogP contribution in [0.4, 0.5) is 0 Å². The van der Waals surface area contributed by atoms with E-state index >= 15 is 0 Å². The Morgan fingerprint density at radius 1 is 1.32 bits per heavy atom. The summed E-state index contributed by atoms with van der Waals surface area (Å²) in [5.41, 5.74) is 0.761. The number of benzene rings is 1. The van der Waals surface area contributed by atoms with Crippen molar-refractivity contribution in [2.75, 3.05) is 6.61 Å². The van der Waals surface area contributed by atoms with Crippen LogP contribution in [-0.4, -0.2) is 18.5 Å². The lowest BCUT2D eigenvalue weighted by Crippen LogP contribution is -2.30. The van der Waals surface area contributed by atoms with Crippen LogP contribution in [0.2, 0.25) is 0 Å². The zero-order valence-corrected chi connectivity index (χ0v) is 12.7. The quantitative estimate of drug-likeness (QED) is 0.861. The van der Waals surface area contributed by atoms with Gasteiger partial charge in [-0.05, 0) is 42.6 Å². The van der Waals surface area contributed by atoms with Gasteiger partial charge in [0.1, 0.15) is 0 Å². The number of esters is 1. The first-order valence-corrected chi connectivity index (χ1v) is 7.48. The molecule has 0 aliphatic carbocycles. The molecule has 0 saturated carbocycles. The minimum Gasteiger partial charge on any atom is -0.452 e. The lowest BCUT2D eigenvalue weighted by Gasteiger charge is -2.12. The highest BCUT2D eigenvalue weighted by Gasteiger charge is 2.13. The molecule has 0 radical (unpaired) electrons. The topological polar surface area (TPSA) is 79.2 Å². The molecule has 1 atom stereocenters. The molecule has 1 N–H and O–H groups in total. The van der Waals surface area contributed by atoms with Gasteiger partial charge in [-0.2, -0.15) is 5.26 Å². The SMILES string of the molecule is CC(NC(=O)COC(=O)c1ccc(C#N)cc1)c1cccs1. The van der Waals surface area contributed by atoms with Crippen LogP contribution in [0.1, 0.15) is 33.8 Å². The molecule has 1 heterocycles. The van der Waals surface area contributed by atoms with Crippen LogP contribution in [0.15, 0.2) is 41.8 Å². The zero-order chi connectivity index (χ0) is 15.9. The largest absolute Gasteiger partial charge is 0.452 e. The van der Waals surface area contributed by atoms with Crippen molar-refractivity contribution in [3.8, 4) is 6.07 Å². The Morgan fingerprint density at radius 2 is 2.05 bits per heavy atom. The Bertz CT molecular complexity index is 687. The first-order chi connectivity index (χ1) is 10.6. The Kier molecular flexibility index (Phi) is 5.28. The second kappa shape index (κ2) is 7.38. The van der Waals surface area contributed by atoms with E-state index in [1.54, 1.807) is 11.3 Å². The summed E-state index contributed by atoms with van der Waals surface area (Å²) in [4.78, 5) is 24.6. The number of carbonyl (C=O) groups is 2. The van der Waals surface area contributed by atoms with Crippen molar-refractivity contribution >= 4 is 23.2 Å². The molecule has 5 nitrogen and oxygen atoms in total. The van der Waals surface area contributed by atoms with E-state index < -0.39 is 5.97 Å². The van der Waals surface area contributed by atoms with Gasteiger partial charge in [0.25, 0.3) is 5.91 Å². The Hall–Kier alpha value is -2.65. The van der Waals surface area contributed by atoms with Gasteiger partial charge in [0.15, 0.2) is 6.61 Å². The van der Waals surface area contributed by atoms with E-state index in [1.165, 1.54) is 24.3 Å². The smallest absolute Gasteiger partial charge is 0.338 e. The maximum absolute atomic E-state index is 11.8. The standard InChI is InChI=1S/C16H14N2O3S/c1-11(14-3-2-8-22-14)18-15(19)10-21-16(20)13-6-4-12(9-17)5-7-13/h2-8,11H,10H2,1H3,(H,18,19). The van der Waals surface area contributed by atoms with Gasteiger partial charge in [-0.15, -0.1) is 11.3 Å². The van der Waals surface area contributed by atoms with E-state index in [-0.39, 0.29) is 18.6 Å². The lowest BCUT2D eigenvalue weighted by molar-refractivity contribution is -0.124. The molecule has 2 aromatic rings. The van der Waals surface area contributed by atoms with E-state index in [4.69, 9.17) is 10.00 Å². The fourth-order valence-corrected chi connectivity index (χ4v) is 2.52. The van der Waals surface area contributed by atoms with E-state index in [0.29, 0.717) is 11.1 Å². The first kappa shape index (κ1) is 15.7. The van der Waals surface area contributed by atoms with Crippen LogP contribution in [0, 0.1) is 11.3 Å². The van der Waals surface area contributed by atoms with Gasteiger partial charge in [0.05, 0.1) is 23.2 Å². The molecule has 112 valence electrons. The second-order valence-electron chi connectivity index (χ2n) is 4.57. The minimum absolute atomic E-state index is 0.124. The summed E-state index contributed by atoms with van der Waals surface area (Å²) in [6, 6.07) is 11.7.